The van der Waals surface area contributed by atoms with Gasteiger partial charge >= 0.3 is 0 Å². The van der Waals surface area contributed by atoms with Crippen molar-refractivity contribution >= 4 is 0 Å². The molecule has 1 unspecified atom stereocenters. The average Bonchev–Trinajstić information content (AvgIpc) is 2.75. The summed E-state index contributed by atoms with van der Waals surface area (Å²) in [6.07, 6.45) is 1.81. The number of hydrogen-bond donors (Lipinski definition) is 2. The van der Waals surface area contributed by atoms with Gasteiger partial charge in [-0.05, 0) is 38.0 Å². The molecule has 2 N–H and O–H groups in total. The minimum Gasteiger partial charge on any atom is -0.306 e. The zero-order valence-corrected chi connectivity index (χ0v) is 10.9. The van der Waals surface area contributed by atoms with E-state index in [4.69, 9.17) is 0 Å². The first-order chi connectivity index (χ1) is 8.58. The van der Waals surface area contributed by atoms with Gasteiger partial charge in [-0.2, -0.15) is 5.10 Å². The molecule has 1 heterocycles. The number of H-pyrrole nitrogens is 1. The van der Waals surface area contributed by atoms with Crippen molar-refractivity contribution < 1.29 is 4.39 Å². The molecule has 1 aromatic heterocycles. The van der Waals surface area contributed by atoms with Crippen LogP contribution in [0.2, 0.25) is 0 Å². The Hall–Kier alpha value is -1.68. The summed E-state index contributed by atoms with van der Waals surface area (Å²) in [5.74, 6) is -0.152. The van der Waals surface area contributed by atoms with Crippen LogP contribution in [0.15, 0.2) is 24.4 Å². The highest BCUT2D eigenvalue weighted by molar-refractivity contribution is 5.25. The second-order valence-corrected chi connectivity index (χ2v) is 4.63. The van der Waals surface area contributed by atoms with Crippen molar-refractivity contribution in [2.45, 2.75) is 33.4 Å². The minimum absolute atomic E-state index is 0.106. The fourth-order valence-corrected chi connectivity index (χ4v) is 1.81. The third-order valence-electron chi connectivity index (χ3n) is 3.23. The number of aromatic amines is 1. The van der Waals surface area contributed by atoms with Gasteiger partial charge in [0.25, 0.3) is 0 Å². The van der Waals surface area contributed by atoms with Crippen molar-refractivity contribution in [3.63, 3.8) is 0 Å². The summed E-state index contributed by atoms with van der Waals surface area (Å²) in [7, 11) is 0. The molecule has 0 radical (unpaired) electrons. The third kappa shape index (κ3) is 2.76. The van der Waals surface area contributed by atoms with Crippen LogP contribution in [0.1, 0.15) is 35.3 Å². The van der Waals surface area contributed by atoms with E-state index < -0.39 is 0 Å². The average molecular weight is 247 g/mol. The van der Waals surface area contributed by atoms with Gasteiger partial charge < -0.3 is 5.32 Å². The molecule has 0 aliphatic rings. The first-order valence-corrected chi connectivity index (χ1v) is 6.06. The Bertz CT molecular complexity index is 534. The van der Waals surface area contributed by atoms with E-state index in [2.05, 4.69) is 15.5 Å². The Morgan fingerprint density at radius 3 is 2.78 bits per heavy atom. The van der Waals surface area contributed by atoms with E-state index in [1.807, 2.05) is 32.2 Å². The lowest BCUT2D eigenvalue weighted by atomic mass is 10.1. The normalized spacial score (nSPS) is 12.7. The lowest BCUT2D eigenvalue weighted by molar-refractivity contribution is 0.562. The Balaban J connectivity index is 2.01. The molecule has 0 fully saturated rings. The van der Waals surface area contributed by atoms with Gasteiger partial charge in [0.2, 0.25) is 0 Å². The second-order valence-electron chi connectivity index (χ2n) is 4.63. The fraction of sp³-hybridized carbons (Fsp3) is 0.357. The smallest absolute Gasteiger partial charge is 0.126 e. The first-order valence-electron chi connectivity index (χ1n) is 6.06. The summed E-state index contributed by atoms with van der Waals surface area (Å²) in [5.41, 5.74) is 3.83. The standard InChI is InChI=1S/C14H18FN3/c1-9-4-5-12(6-14(9)15)10(2)16-7-13-8-17-18-11(13)3/h4-6,8,10,16H,7H2,1-3H3,(H,17,18). The first kappa shape index (κ1) is 12.8. The predicted octanol–water partition coefficient (Wildman–Crippen LogP) is 3.02. The predicted molar refractivity (Wildman–Crippen MR) is 69.7 cm³/mol. The van der Waals surface area contributed by atoms with Gasteiger partial charge in [-0.15, -0.1) is 0 Å². The molecule has 0 amide bonds. The van der Waals surface area contributed by atoms with Crippen molar-refractivity contribution in [3.8, 4) is 0 Å². The Morgan fingerprint density at radius 1 is 1.39 bits per heavy atom. The SMILES string of the molecule is Cc1ccc(C(C)NCc2cn[nH]c2C)cc1F. The van der Waals surface area contributed by atoms with Crippen molar-refractivity contribution in [3.05, 3.63) is 52.6 Å². The van der Waals surface area contributed by atoms with Crippen molar-refractivity contribution in [2.24, 2.45) is 0 Å². The van der Waals surface area contributed by atoms with Gasteiger partial charge in [-0.1, -0.05) is 12.1 Å². The maximum absolute atomic E-state index is 13.5. The number of nitrogens with zero attached hydrogens (tertiary/aromatic N) is 1. The zero-order valence-electron chi connectivity index (χ0n) is 10.9. The van der Waals surface area contributed by atoms with Crippen molar-refractivity contribution in [2.75, 3.05) is 0 Å². The molecule has 1 atom stereocenters. The van der Waals surface area contributed by atoms with Gasteiger partial charge in [-0.3, -0.25) is 5.10 Å². The number of nitrogens with one attached hydrogen (secondary N) is 2. The van der Waals surface area contributed by atoms with E-state index in [1.165, 1.54) is 0 Å². The van der Waals surface area contributed by atoms with Crippen molar-refractivity contribution in [1.82, 2.24) is 15.5 Å². The monoisotopic (exact) mass is 247 g/mol. The number of aromatic nitrogens is 2. The van der Waals surface area contributed by atoms with E-state index >= 15 is 0 Å². The topological polar surface area (TPSA) is 40.7 Å². The Labute approximate surface area is 106 Å². The molecule has 0 saturated heterocycles. The maximum atomic E-state index is 13.5. The summed E-state index contributed by atoms with van der Waals surface area (Å²) in [6, 6.07) is 5.47. The lowest BCUT2D eigenvalue weighted by Crippen LogP contribution is -2.18. The van der Waals surface area contributed by atoms with Crippen LogP contribution in [0, 0.1) is 19.7 Å². The summed E-state index contributed by atoms with van der Waals surface area (Å²) < 4.78 is 13.5. The molecule has 0 bridgehead atoms. The molecular weight excluding hydrogens is 229 g/mol. The second kappa shape index (κ2) is 5.31. The van der Waals surface area contributed by atoms with Crippen LogP contribution in [0.3, 0.4) is 0 Å². The largest absolute Gasteiger partial charge is 0.306 e. The Morgan fingerprint density at radius 2 is 2.17 bits per heavy atom. The highest BCUT2D eigenvalue weighted by Gasteiger charge is 2.08. The molecule has 2 rings (SSSR count). The molecule has 0 aliphatic heterocycles. The third-order valence-corrected chi connectivity index (χ3v) is 3.23. The molecule has 0 spiro atoms. The molecule has 96 valence electrons. The molecule has 1 aromatic carbocycles. The summed E-state index contributed by atoms with van der Waals surface area (Å²) in [6.45, 7) is 6.50. The zero-order chi connectivity index (χ0) is 13.1. The molecular formula is C14H18FN3. The van der Waals surface area contributed by atoms with Crippen LogP contribution in [-0.4, -0.2) is 10.2 Å². The molecule has 2 aromatic rings. The van der Waals surface area contributed by atoms with Gasteiger partial charge in [0.15, 0.2) is 0 Å². The summed E-state index contributed by atoms with van der Waals surface area (Å²) >= 11 is 0. The van der Waals surface area contributed by atoms with Gasteiger partial charge in [0.05, 0.1) is 6.20 Å². The minimum atomic E-state index is -0.152. The maximum Gasteiger partial charge on any atom is 0.126 e. The van der Waals surface area contributed by atoms with Crippen LogP contribution in [0.5, 0.6) is 0 Å². The van der Waals surface area contributed by atoms with Crippen LogP contribution in [0.4, 0.5) is 4.39 Å². The number of benzene rings is 1. The molecule has 0 saturated carbocycles. The number of rotatable bonds is 4. The van der Waals surface area contributed by atoms with Crippen molar-refractivity contribution in [1.29, 1.82) is 0 Å². The number of hydrogen-bond acceptors (Lipinski definition) is 2. The summed E-state index contributed by atoms with van der Waals surface area (Å²) in [4.78, 5) is 0. The molecule has 0 aliphatic carbocycles. The molecule has 4 heteroatoms. The number of halogens is 1. The van der Waals surface area contributed by atoms with Crippen LogP contribution >= 0.6 is 0 Å². The van der Waals surface area contributed by atoms with E-state index in [1.54, 1.807) is 13.0 Å². The van der Waals surface area contributed by atoms with Crippen LogP contribution in [0.25, 0.3) is 0 Å². The Kier molecular flexibility index (Phi) is 3.77. The van der Waals surface area contributed by atoms with Crippen LogP contribution in [-0.2, 0) is 6.54 Å². The van der Waals surface area contributed by atoms with Gasteiger partial charge in [0, 0.05) is 23.8 Å². The van der Waals surface area contributed by atoms with Crippen LogP contribution < -0.4 is 5.32 Å². The summed E-state index contributed by atoms with van der Waals surface area (Å²) in [5, 5.41) is 10.2. The van der Waals surface area contributed by atoms with E-state index in [0.717, 1.165) is 23.4 Å². The number of aryl methyl sites for hydroxylation is 2. The molecule has 3 nitrogen and oxygen atoms in total. The lowest BCUT2D eigenvalue weighted by Gasteiger charge is -2.14. The highest BCUT2D eigenvalue weighted by atomic mass is 19.1. The highest BCUT2D eigenvalue weighted by Crippen LogP contribution is 2.17. The van der Waals surface area contributed by atoms with E-state index in [-0.39, 0.29) is 11.9 Å². The quantitative estimate of drug-likeness (QED) is 0.872. The van der Waals surface area contributed by atoms with Gasteiger partial charge in [0.1, 0.15) is 5.82 Å². The fourth-order valence-electron chi connectivity index (χ4n) is 1.81. The van der Waals surface area contributed by atoms with E-state index in [9.17, 15) is 4.39 Å². The van der Waals surface area contributed by atoms with Gasteiger partial charge in [-0.25, -0.2) is 4.39 Å². The molecule has 18 heavy (non-hydrogen) atoms. The van der Waals surface area contributed by atoms with E-state index in [0.29, 0.717) is 5.56 Å².